The van der Waals surface area contributed by atoms with Gasteiger partial charge >= 0.3 is 5.97 Å². The van der Waals surface area contributed by atoms with E-state index in [-0.39, 0.29) is 22.4 Å². The Bertz CT molecular complexity index is 535. The second-order valence-electron chi connectivity index (χ2n) is 4.44. The number of hydrogen-bond donors (Lipinski definition) is 1. The summed E-state index contributed by atoms with van der Waals surface area (Å²) >= 11 is 5.98. The molecule has 1 fully saturated rings. The first-order chi connectivity index (χ1) is 9.54. The van der Waals surface area contributed by atoms with Crippen LogP contribution in [0.2, 0.25) is 5.02 Å². The number of carboxylic acid groups (broad SMARTS) is 1. The summed E-state index contributed by atoms with van der Waals surface area (Å²) in [4.78, 5) is 28.7. The monoisotopic (exact) mass is 298 g/mol. The van der Waals surface area contributed by atoms with Crippen LogP contribution in [-0.2, 0) is 4.79 Å². The van der Waals surface area contributed by atoms with Gasteiger partial charge in [-0.1, -0.05) is 11.6 Å². The largest absolute Gasteiger partial charge is 0.480 e. The quantitative estimate of drug-likeness (QED) is 0.917. The van der Waals surface area contributed by atoms with Crippen molar-refractivity contribution >= 4 is 23.5 Å². The molecule has 2 heterocycles. The molecule has 0 saturated carbocycles. The number of carbonyl (C=O) groups is 2. The number of pyridine rings is 1. The number of aromatic nitrogens is 1. The van der Waals surface area contributed by atoms with E-state index >= 15 is 0 Å². The molecule has 0 aromatic carbocycles. The Labute approximate surface area is 121 Å². The predicted octanol–water partition coefficient (Wildman–Crippen LogP) is 1.82. The van der Waals surface area contributed by atoms with E-state index in [2.05, 4.69) is 4.98 Å². The van der Waals surface area contributed by atoms with Gasteiger partial charge in [-0.2, -0.15) is 0 Å². The van der Waals surface area contributed by atoms with Gasteiger partial charge in [-0.15, -0.1) is 0 Å². The van der Waals surface area contributed by atoms with Crippen LogP contribution in [0.4, 0.5) is 0 Å². The lowest BCUT2D eigenvalue weighted by Gasteiger charge is -2.21. The lowest BCUT2D eigenvalue weighted by Crippen LogP contribution is -2.40. The third kappa shape index (κ3) is 2.85. The molecule has 1 aliphatic rings. The average molecular weight is 299 g/mol. The van der Waals surface area contributed by atoms with Crippen LogP contribution in [0.25, 0.3) is 0 Å². The molecule has 6 nitrogen and oxygen atoms in total. The van der Waals surface area contributed by atoms with Crippen molar-refractivity contribution in [3.63, 3.8) is 0 Å². The summed E-state index contributed by atoms with van der Waals surface area (Å²) in [6.45, 7) is 2.66. The molecule has 1 aliphatic heterocycles. The molecular formula is C13H15ClN2O4. The lowest BCUT2D eigenvalue weighted by atomic mass is 10.2. The first kappa shape index (κ1) is 14.6. The second-order valence-corrected chi connectivity index (χ2v) is 4.85. The van der Waals surface area contributed by atoms with E-state index in [0.29, 0.717) is 26.0 Å². The maximum Gasteiger partial charge on any atom is 0.326 e. The van der Waals surface area contributed by atoms with Crippen LogP contribution in [0.1, 0.15) is 30.1 Å². The molecular weight excluding hydrogens is 284 g/mol. The summed E-state index contributed by atoms with van der Waals surface area (Å²) < 4.78 is 5.19. The highest BCUT2D eigenvalue weighted by Gasteiger charge is 2.34. The predicted molar refractivity (Wildman–Crippen MR) is 72.1 cm³/mol. The van der Waals surface area contributed by atoms with Crippen LogP contribution in [-0.4, -0.2) is 46.1 Å². The zero-order valence-electron chi connectivity index (χ0n) is 11.0. The van der Waals surface area contributed by atoms with Crippen molar-refractivity contribution in [3.8, 4) is 5.88 Å². The van der Waals surface area contributed by atoms with Gasteiger partial charge in [0.25, 0.3) is 5.91 Å². The Morgan fingerprint density at radius 2 is 2.35 bits per heavy atom. The first-order valence-electron chi connectivity index (χ1n) is 6.36. The molecule has 1 amide bonds. The number of aliphatic carboxylic acids is 1. The molecule has 1 saturated heterocycles. The Balaban J connectivity index is 2.21. The van der Waals surface area contributed by atoms with Crippen LogP contribution in [0, 0.1) is 0 Å². The van der Waals surface area contributed by atoms with Crippen LogP contribution in [0.15, 0.2) is 12.3 Å². The summed E-state index contributed by atoms with van der Waals surface area (Å²) in [6.07, 6.45) is 2.51. The van der Waals surface area contributed by atoms with Gasteiger partial charge in [-0.25, -0.2) is 9.78 Å². The van der Waals surface area contributed by atoms with Crippen molar-refractivity contribution in [1.82, 2.24) is 9.88 Å². The van der Waals surface area contributed by atoms with Gasteiger partial charge in [0.2, 0.25) is 5.88 Å². The number of carbonyl (C=O) groups excluding carboxylic acids is 1. The van der Waals surface area contributed by atoms with E-state index < -0.39 is 12.0 Å². The molecule has 1 aromatic rings. The highest BCUT2D eigenvalue weighted by atomic mass is 35.5. The van der Waals surface area contributed by atoms with Crippen LogP contribution < -0.4 is 4.74 Å². The van der Waals surface area contributed by atoms with Crippen molar-refractivity contribution in [2.75, 3.05) is 13.2 Å². The molecule has 0 aliphatic carbocycles. The number of carboxylic acids is 1. The van der Waals surface area contributed by atoms with Crippen molar-refractivity contribution in [3.05, 3.63) is 22.8 Å². The van der Waals surface area contributed by atoms with Gasteiger partial charge in [-0.3, -0.25) is 4.79 Å². The van der Waals surface area contributed by atoms with Crippen molar-refractivity contribution in [2.45, 2.75) is 25.8 Å². The van der Waals surface area contributed by atoms with Crippen molar-refractivity contribution in [2.24, 2.45) is 0 Å². The van der Waals surface area contributed by atoms with Crippen LogP contribution in [0.3, 0.4) is 0 Å². The molecule has 0 unspecified atom stereocenters. The maximum absolute atomic E-state index is 12.3. The smallest absolute Gasteiger partial charge is 0.326 e. The topological polar surface area (TPSA) is 79.7 Å². The number of halogens is 1. The molecule has 1 aromatic heterocycles. The minimum Gasteiger partial charge on any atom is -0.480 e. The summed E-state index contributed by atoms with van der Waals surface area (Å²) in [5.41, 5.74) is 0.270. The second kappa shape index (κ2) is 6.09. The summed E-state index contributed by atoms with van der Waals surface area (Å²) in [5, 5.41) is 9.33. The summed E-state index contributed by atoms with van der Waals surface area (Å²) in [5.74, 6) is -1.09. The summed E-state index contributed by atoms with van der Waals surface area (Å²) in [6, 6.07) is 0.687. The zero-order chi connectivity index (χ0) is 14.7. The Kier molecular flexibility index (Phi) is 4.44. The third-order valence-electron chi connectivity index (χ3n) is 3.13. The minimum absolute atomic E-state index is 0.240. The standard InChI is InChI=1S/C13H15ClN2O4/c1-2-20-11-9(14)6-8(7-15-11)12(17)16-5-3-4-10(16)13(18)19/h6-7,10H,2-5H2,1H3,(H,18,19)/t10-/m1/s1. The number of nitrogens with zero attached hydrogens (tertiary/aromatic N) is 2. The normalized spacial score (nSPS) is 18.1. The first-order valence-corrected chi connectivity index (χ1v) is 6.74. The van der Waals surface area contributed by atoms with Gasteiger partial charge in [0, 0.05) is 12.7 Å². The van der Waals surface area contributed by atoms with Gasteiger partial charge in [0.05, 0.1) is 12.2 Å². The lowest BCUT2D eigenvalue weighted by molar-refractivity contribution is -0.141. The Morgan fingerprint density at radius 1 is 1.60 bits per heavy atom. The number of likely N-dealkylation sites (tertiary alicyclic amines) is 1. The number of hydrogen-bond acceptors (Lipinski definition) is 4. The summed E-state index contributed by atoms with van der Waals surface area (Å²) in [7, 11) is 0. The van der Waals surface area contributed by atoms with Crippen LogP contribution in [0.5, 0.6) is 5.88 Å². The molecule has 1 atom stereocenters. The van der Waals surface area contributed by atoms with E-state index in [1.165, 1.54) is 17.2 Å². The molecule has 0 bridgehead atoms. The van der Waals surface area contributed by atoms with E-state index in [1.807, 2.05) is 0 Å². The number of ether oxygens (including phenoxy) is 1. The number of amides is 1. The highest BCUT2D eigenvalue weighted by molar-refractivity contribution is 6.32. The minimum atomic E-state index is -0.985. The third-order valence-corrected chi connectivity index (χ3v) is 3.40. The fraction of sp³-hybridized carbons (Fsp3) is 0.462. The molecule has 2 rings (SSSR count). The zero-order valence-corrected chi connectivity index (χ0v) is 11.8. The number of rotatable bonds is 4. The van der Waals surface area contributed by atoms with E-state index in [1.54, 1.807) is 6.92 Å². The molecule has 108 valence electrons. The van der Waals surface area contributed by atoms with Gasteiger partial charge in [-0.05, 0) is 25.8 Å². The van der Waals surface area contributed by atoms with E-state index in [9.17, 15) is 9.59 Å². The van der Waals surface area contributed by atoms with E-state index in [0.717, 1.165) is 0 Å². The Morgan fingerprint density at radius 3 is 2.95 bits per heavy atom. The SMILES string of the molecule is CCOc1ncc(C(=O)N2CCC[C@@H]2C(=O)O)cc1Cl. The maximum atomic E-state index is 12.3. The molecule has 1 N–H and O–H groups in total. The van der Waals surface area contributed by atoms with E-state index in [4.69, 9.17) is 21.4 Å². The molecule has 20 heavy (non-hydrogen) atoms. The van der Waals surface area contributed by atoms with Gasteiger partial charge in [0.1, 0.15) is 11.1 Å². The Hall–Kier alpha value is -1.82. The highest BCUT2D eigenvalue weighted by Crippen LogP contribution is 2.25. The molecule has 0 spiro atoms. The van der Waals surface area contributed by atoms with Crippen molar-refractivity contribution < 1.29 is 19.4 Å². The fourth-order valence-electron chi connectivity index (χ4n) is 2.22. The van der Waals surface area contributed by atoms with Gasteiger partial charge in [0.15, 0.2) is 0 Å². The average Bonchev–Trinajstić information content (AvgIpc) is 2.90. The van der Waals surface area contributed by atoms with Crippen LogP contribution >= 0.6 is 11.6 Å². The van der Waals surface area contributed by atoms with Crippen molar-refractivity contribution in [1.29, 1.82) is 0 Å². The fourth-order valence-corrected chi connectivity index (χ4v) is 2.44. The molecule has 0 radical (unpaired) electrons. The van der Waals surface area contributed by atoms with Gasteiger partial charge < -0.3 is 14.7 Å². The molecule has 7 heteroatoms.